The molecule has 1 unspecified atom stereocenters. The lowest BCUT2D eigenvalue weighted by Crippen LogP contribution is -2.49. The van der Waals surface area contributed by atoms with Gasteiger partial charge in [0.25, 0.3) is 11.8 Å². The van der Waals surface area contributed by atoms with Crippen LogP contribution in [0, 0.1) is 5.92 Å². The maximum Gasteiger partial charge on any atom is 0.335 e. The second kappa shape index (κ2) is 10.2. The number of guanidine groups is 1. The van der Waals surface area contributed by atoms with Gasteiger partial charge < -0.3 is 25.8 Å². The molecular formula is C25H27N5O6. The number of nitrogens with two attached hydrogens (primary N) is 1. The number of anilines is 1. The van der Waals surface area contributed by atoms with Gasteiger partial charge in [-0.05, 0) is 54.8 Å². The highest BCUT2D eigenvalue weighted by Gasteiger charge is 2.52. The number of ether oxygens (including phenoxy) is 1. The first-order valence-corrected chi connectivity index (χ1v) is 11.4. The van der Waals surface area contributed by atoms with Gasteiger partial charge in [-0.25, -0.2) is 9.79 Å². The lowest BCUT2D eigenvalue weighted by atomic mass is 9.73. The Morgan fingerprint density at radius 2 is 1.83 bits per heavy atom. The molecule has 0 radical (unpaired) electrons. The minimum Gasteiger partial charge on any atom is -0.478 e. The van der Waals surface area contributed by atoms with E-state index >= 15 is 0 Å². The molecule has 3 amide bonds. The number of aliphatic imine (C=N–C) groups is 1. The first-order valence-electron chi connectivity index (χ1n) is 11.4. The number of benzene rings is 2. The number of carbonyl (C=O) groups excluding carboxylic acids is 3. The van der Waals surface area contributed by atoms with Crippen molar-refractivity contribution in [2.75, 3.05) is 32.1 Å². The van der Waals surface area contributed by atoms with Crippen LogP contribution in [0.1, 0.15) is 39.1 Å². The predicted octanol–water partition coefficient (Wildman–Crippen LogP) is 1.16. The lowest BCUT2D eigenvalue weighted by Gasteiger charge is -2.39. The summed E-state index contributed by atoms with van der Waals surface area (Å²) in [5.74, 6) is -2.17. The molecular weight excluding hydrogens is 466 g/mol. The molecule has 1 fully saturated rings. The number of hydrogen-bond acceptors (Lipinski definition) is 7. The van der Waals surface area contributed by atoms with Crippen molar-refractivity contribution in [1.29, 1.82) is 0 Å². The number of methoxy groups -OCH3 is 1. The number of likely N-dealkylation sites (tertiary alicyclic amines) is 1. The number of aromatic carboxylic acids is 1. The highest BCUT2D eigenvalue weighted by molar-refractivity contribution is 6.07. The van der Waals surface area contributed by atoms with E-state index in [0.29, 0.717) is 42.7 Å². The summed E-state index contributed by atoms with van der Waals surface area (Å²) in [7, 11) is 1.42. The molecule has 36 heavy (non-hydrogen) atoms. The summed E-state index contributed by atoms with van der Waals surface area (Å²) in [5.41, 5.74) is 6.22. The molecule has 11 nitrogen and oxygen atoms in total. The van der Waals surface area contributed by atoms with Crippen molar-refractivity contribution in [1.82, 2.24) is 10.2 Å². The SMILES string of the molecule is COCC(=O)Nc1cccc(C2(C3CCN(C(=O)c4ccc(C(=O)O)cc4)CC3)N=C(N)NC2=O)c1. The Morgan fingerprint density at radius 3 is 2.42 bits per heavy atom. The fraction of sp³-hybridized carbons (Fsp3) is 0.320. The third kappa shape index (κ3) is 4.78. The van der Waals surface area contributed by atoms with Crippen molar-refractivity contribution in [3.63, 3.8) is 0 Å². The van der Waals surface area contributed by atoms with Gasteiger partial charge in [0, 0.05) is 37.4 Å². The van der Waals surface area contributed by atoms with Crippen molar-refractivity contribution in [3.8, 4) is 0 Å². The number of hydrogen-bond donors (Lipinski definition) is 4. The molecule has 0 aliphatic carbocycles. The van der Waals surface area contributed by atoms with Crippen molar-refractivity contribution < 1.29 is 29.0 Å². The summed E-state index contributed by atoms with van der Waals surface area (Å²) >= 11 is 0. The van der Waals surface area contributed by atoms with Crippen LogP contribution in [0.5, 0.6) is 0 Å². The lowest BCUT2D eigenvalue weighted by molar-refractivity contribution is -0.126. The van der Waals surface area contributed by atoms with Crippen LogP contribution in [0.25, 0.3) is 0 Å². The van der Waals surface area contributed by atoms with Crippen molar-refractivity contribution in [3.05, 3.63) is 65.2 Å². The Morgan fingerprint density at radius 1 is 1.17 bits per heavy atom. The molecule has 2 aromatic rings. The molecule has 2 aliphatic heterocycles. The first-order chi connectivity index (χ1) is 17.2. The Balaban J connectivity index is 1.54. The summed E-state index contributed by atoms with van der Waals surface area (Å²) in [6.45, 7) is 0.671. The zero-order valence-corrected chi connectivity index (χ0v) is 19.7. The number of nitrogens with one attached hydrogen (secondary N) is 2. The van der Waals surface area contributed by atoms with Crippen molar-refractivity contribution in [2.45, 2.75) is 18.4 Å². The topological polar surface area (TPSA) is 163 Å². The highest BCUT2D eigenvalue weighted by atomic mass is 16.5. The normalized spacial score (nSPS) is 20.0. The quantitative estimate of drug-likeness (QED) is 0.450. The average molecular weight is 494 g/mol. The minimum atomic E-state index is -1.29. The highest BCUT2D eigenvalue weighted by Crippen LogP contribution is 2.43. The van der Waals surface area contributed by atoms with Gasteiger partial charge in [0.1, 0.15) is 6.61 Å². The molecule has 0 saturated carbocycles. The molecule has 1 saturated heterocycles. The van der Waals surface area contributed by atoms with E-state index in [4.69, 9.17) is 15.6 Å². The van der Waals surface area contributed by atoms with Crippen LogP contribution in [0.15, 0.2) is 53.5 Å². The second-order valence-corrected chi connectivity index (χ2v) is 8.73. The maximum atomic E-state index is 13.2. The number of amides is 3. The Labute approximate surface area is 207 Å². The van der Waals surface area contributed by atoms with Crippen molar-refractivity contribution in [2.24, 2.45) is 16.6 Å². The summed E-state index contributed by atoms with van der Waals surface area (Å²) in [6.07, 6.45) is 0.979. The fourth-order valence-electron chi connectivity index (χ4n) is 4.79. The monoisotopic (exact) mass is 493 g/mol. The third-order valence-electron chi connectivity index (χ3n) is 6.50. The van der Waals surface area contributed by atoms with E-state index in [-0.39, 0.29) is 41.8 Å². The molecule has 188 valence electrons. The van der Waals surface area contributed by atoms with Gasteiger partial charge in [-0.1, -0.05) is 12.1 Å². The molecule has 11 heteroatoms. The molecule has 2 aromatic carbocycles. The number of carboxylic acids is 1. The van der Waals surface area contributed by atoms with Gasteiger partial charge in [-0.15, -0.1) is 0 Å². The van der Waals surface area contributed by atoms with E-state index < -0.39 is 11.5 Å². The summed E-state index contributed by atoms with van der Waals surface area (Å²) in [4.78, 5) is 55.5. The second-order valence-electron chi connectivity index (χ2n) is 8.73. The van der Waals surface area contributed by atoms with Crippen LogP contribution in [-0.2, 0) is 19.9 Å². The van der Waals surface area contributed by atoms with Crippen molar-refractivity contribution >= 4 is 35.3 Å². The van der Waals surface area contributed by atoms with Gasteiger partial charge in [-0.3, -0.25) is 19.7 Å². The maximum absolute atomic E-state index is 13.2. The summed E-state index contributed by atoms with van der Waals surface area (Å²) in [5, 5.41) is 14.4. The zero-order valence-electron chi connectivity index (χ0n) is 19.7. The van der Waals surface area contributed by atoms with E-state index in [2.05, 4.69) is 15.6 Å². The number of nitrogens with zero attached hydrogens (tertiary/aromatic N) is 2. The Bertz CT molecular complexity index is 1220. The van der Waals surface area contributed by atoms with Crippen LogP contribution in [0.3, 0.4) is 0 Å². The van der Waals surface area contributed by atoms with Gasteiger partial charge in [0.2, 0.25) is 5.91 Å². The fourth-order valence-corrected chi connectivity index (χ4v) is 4.79. The number of piperidine rings is 1. The van der Waals surface area contributed by atoms with Crippen LogP contribution >= 0.6 is 0 Å². The zero-order chi connectivity index (χ0) is 25.9. The van der Waals surface area contributed by atoms with E-state index in [0.717, 1.165) is 0 Å². The largest absolute Gasteiger partial charge is 0.478 e. The standard InChI is InChI=1S/C25H27N5O6/c1-36-14-20(31)27-19-4-2-3-18(13-19)25(23(35)28-24(26)29-25)17-9-11-30(12-10-17)21(32)15-5-7-16(8-6-15)22(33)34/h2-8,13,17H,9-12,14H2,1H3,(H,27,31)(H,33,34)(H3,26,28,29,35). The van der Waals surface area contributed by atoms with Gasteiger partial charge in [0.15, 0.2) is 11.5 Å². The third-order valence-corrected chi connectivity index (χ3v) is 6.50. The van der Waals surface area contributed by atoms with E-state index in [1.165, 1.54) is 31.4 Å². The Kier molecular flexibility index (Phi) is 7.02. The molecule has 2 heterocycles. The van der Waals surface area contributed by atoms with Gasteiger partial charge in [0.05, 0.1) is 5.56 Å². The first kappa shape index (κ1) is 24.9. The molecule has 0 bridgehead atoms. The number of carbonyl (C=O) groups is 4. The minimum absolute atomic E-state index is 0.0193. The molecule has 0 spiro atoms. The predicted molar refractivity (Wildman–Crippen MR) is 130 cm³/mol. The molecule has 2 aliphatic rings. The molecule has 4 rings (SSSR count). The average Bonchev–Trinajstić information content (AvgIpc) is 3.18. The van der Waals surface area contributed by atoms with Gasteiger partial charge in [-0.2, -0.15) is 0 Å². The smallest absolute Gasteiger partial charge is 0.335 e. The van der Waals surface area contributed by atoms with Crippen LogP contribution in [0.2, 0.25) is 0 Å². The molecule has 0 aromatic heterocycles. The van der Waals surface area contributed by atoms with E-state index in [9.17, 15) is 19.2 Å². The number of carboxylic acid groups (broad SMARTS) is 1. The Hall–Kier alpha value is -4.25. The number of rotatable bonds is 7. The molecule has 5 N–H and O–H groups in total. The van der Waals surface area contributed by atoms with E-state index in [1.54, 1.807) is 29.2 Å². The van der Waals surface area contributed by atoms with E-state index in [1.807, 2.05) is 0 Å². The van der Waals surface area contributed by atoms with Crippen LogP contribution in [0.4, 0.5) is 5.69 Å². The van der Waals surface area contributed by atoms with Crippen LogP contribution < -0.4 is 16.4 Å². The van der Waals surface area contributed by atoms with Gasteiger partial charge >= 0.3 is 5.97 Å². The summed E-state index contributed by atoms with van der Waals surface area (Å²) in [6, 6.07) is 12.7. The molecule has 1 atom stereocenters. The van der Waals surface area contributed by atoms with Crippen LogP contribution in [-0.4, -0.2) is 66.5 Å². The summed E-state index contributed by atoms with van der Waals surface area (Å²) < 4.78 is 4.86.